The Kier molecular flexibility index (Phi) is 4.92. The average molecular weight is 358 g/mol. The van der Waals surface area contributed by atoms with Crippen LogP contribution in [0.25, 0.3) is 0 Å². The first-order valence-electron chi connectivity index (χ1n) is 8.32. The lowest BCUT2D eigenvalue weighted by molar-refractivity contribution is -0.117. The van der Waals surface area contributed by atoms with Crippen LogP contribution in [0.2, 0.25) is 0 Å². The average Bonchev–Trinajstić information content (AvgIpc) is 3.41. The van der Waals surface area contributed by atoms with E-state index in [0.717, 1.165) is 24.0 Å². The van der Waals surface area contributed by atoms with Crippen molar-refractivity contribution < 1.29 is 13.2 Å². The molecule has 3 rings (SSSR count). The minimum Gasteiger partial charge on any atom is -0.326 e. The molecule has 0 saturated heterocycles. The SMILES string of the molecule is Cc1ccc(C)c(S(=O)(=O)NCc2cccc(NC(=O)C3CC3)c2)c1. The standard InChI is InChI=1S/C19H22N2O3S/c1-13-6-7-14(2)18(10-13)25(23,24)20-12-15-4-3-5-17(11-15)21-19(22)16-8-9-16/h3-7,10-11,16,20H,8-9,12H2,1-2H3,(H,21,22). The van der Waals surface area contributed by atoms with Gasteiger partial charge in [0.15, 0.2) is 0 Å². The molecule has 5 nitrogen and oxygen atoms in total. The highest BCUT2D eigenvalue weighted by atomic mass is 32.2. The van der Waals surface area contributed by atoms with Gasteiger partial charge in [-0.1, -0.05) is 24.3 Å². The maximum Gasteiger partial charge on any atom is 0.241 e. The van der Waals surface area contributed by atoms with Crippen LogP contribution in [-0.4, -0.2) is 14.3 Å². The van der Waals surface area contributed by atoms with Gasteiger partial charge in [0.25, 0.3) is 0 Å². The van der Waals surface area contributed by atoms with Gasteiger partial charge in [0.2, 0.25) is 15.9 Å². The summed E-state index contributed by atoms with van der Waals surface area (Å²) in [4.78, 5) is 12.1. The molecule has 1 saturated carbocycles. The Morgan fingerprint density at radius 2 is 1.88 bits per heavy atom. The van der Waals surface area contributed by atoms with Gasteiger partial charge in [-0.05, 0) is 61.6 Å². The minimum absolute atomic E-state index is 0.0353. The first-order chi connectivity index (χ1) is 11.8. The van der Waals surface area contributed by atoms with E-state index in [4.69, 9.17) is 0 Å². The van der Waals surface area contributed by atoms with Gasteiger partial charge in [-0.15, -0.1) is 0 Å². The molecule has 2 aromatic carbocycles. The Bertz CT molecular complexity index is 903. The van der Waals surface area contributed by atoms with E-state index in [1.165, 1.54) is 0 Å². The van der Waals surface area contributed by atoms with Crippen molar-refractivity contribution in [3.05, 3.63) is 59.2 Å². The van der Waals surface area contributed by atoms with Crippen molar-refractivity contribution in [2.24, 2.45) is 5.92 Å². The van der Waals surface area contributed by atoms with E-state index >= 15 is 0 Å². The normalized spacial score (nSPS) is 14.3. The molecule has 0 bridgehead atoms. The molecule has 1 fully saturated rings. The van der Waals surface area contributed by atoms with Crippen molar-refractivity contribution in [3.8, 4) is 0 Å². The summed E-state index contributed by atoms with van der Waals surface area (Å²) in [7, 11) is -3.59. The fourth-order valence-electron chi connectivity index (χ4n) is 2.60. The molecule has 1 aliphatic rings. The number of nitrogens with one attached hydrogen (secondary N) is 2. The highest BCUT2D eigenvalue weighted by molar-refractivity contribution is 7.89. The summed E-state index contributed by atoms with van der Waals surface area (Å²) in [6, 6.07) is 12.6. The zero-order valence-corrected chi connectivity index (χ0v) is 15.2. The summed E-state index contributed by atoms with van der Waals surface area (Å²) in [5.74, 6) is 0.166. The lowest BCUT2D eigenvalue weighted by Crippen LogP contribution is -2.24. The summed E-state index contributed by atoms with van der Waals surface area (Å²) in [5, 5.41) is 2.87. The molecule has 0 heterocycles. The van der Waals surface area contributed by atoms with Crippen LogP contribution in [-0.2, 0) is 21.4 Å². The number of carbonyl (C=O) groups is 1. The van der Waals surface area contributed by atoms with Gasteiger partial charge in [-0.2, -0.15) is 0 Å². The van der Waals surface area contributed by atoms with Gasteiger partial charge in [-0.25, -0.2) is 13.1 Å². The maximum atomic E-state index is 12.6. The zero-order chi connectivity index (χ0) is 18.0. The molecule has 0 aliphatic heterocycles. The molecule has 0 spiro atoms. The number of aryl methyl sites for hydroxylation is 2. The lowest BCUT2D eigenvalue weighted by atomic mass is 10.2. The third kappa shape index (κ3) is 4.46. The van der Waals surface area contributed by atoms with Crippen LogP contribution >= 0.6 is 0 Å². The van der Waals surface area contributed by atoms with E-state index in [1.54, 1.807) is 25.1 Å². The van der Waals surface area contributed by atoms with Crippen LogP contribution in [0.15, 0.2) is 47.4 Å². The largest absolute Gasteiger partial charge is 0.326 e. The summed E-state index contributed by atoms with van der Waals surface area (Å²) in [6.45, 7) is 3.81. The number of benzene rings is 2. The van der Waals surface area contributed by atoms with Crippen molar-refractivity contribution in [1.29, 1.82) is 0 Å². The summed E-state index contributed by atoms with van der Waals surface area (Å²) in [6.07, 6.45) is 1.89. The van der Waals surface area contributed by atoms with Gasteiger partial charge < -0.3 is 5.32 Å². The zero-order valence-electron chi connectivity index (χ0n) is 14.4. The Morgan fingerprint density at radius 1 is 1.12 bits per heavy atom. The van der Waals surface area contributed by atoms with Crippen molar-refractivity contribution in [3.63, 3.8) is 0 Å². The van der Waals surface area contributed by atoms with Crippen molar-refractivity contribution in [2.45, 2.75) is 38.1 Å². The minimum atomic E-state index is -3.59. The van der Waals surface area contributed by atoms with Crippen LogP contribution in [0.1, 0.15) is 29.5 Å². The third-order valence-corrected chi connectivity index (χ3v) is 5.79. The molecule has 2 N–H and O–H groups in total. The molecular weight excluding hydrogens is 336 g/mol. The third-order valence-electron chi connectivity index (χ3n) is 4.24. The molecular formula is C19H22N2O3S. The molecule has 132 valence electrons. The quantitative estimate of drug-likeness (QED) is 0.833. The number of carbonyl (C=O) groups excluding carboxylic acids is 1. The number of sulfonamides is 1. The Labute approximate surface area is 148 Å². The second kappa shape index (κ2) is 6.98. The van der Waals surface area contributed by atoms with E-state index in [0.29, 0.717) is 16.1 Å². The van der Waals surface area contributed by atoms with E-state index in [1.807, 2.05) is 31.2 Å². The van der Waals surface area contributed by atoms with Gasteiger partial charge >= 0.3 is 0 Å². The van der Waals surface area contributed by atoms with E-state index in [2.05, 4.69) is 10.0 Å². The second-order valence-corrected chi connectivity index (χ2v) is 8.29. The predicted octanol–water partition coefficient (Wildman–Crippen LogP) is 3.13. The van der Waals surface area contributed by atoms with Crippen molar-refractivity contribution in [2.75, 3.05) is 5.32 Å². The number of rotatable bonds is 6. The molecule has 1 amide bonds. The monoisotopic (exact) mass is 358 g/mol. The number of hydrogen-bond acceptors (Lipinski definition) is 3. The van der Waals surface area contributed by atoms with Crippen LogP contribution in [0.3, 0.4) is 0 Å². The first-order valence-corrected chi connectivity index (χ1v) is 9.80. The van der Waals surface area contributed by atoms with Gasteiger partial charge in [0, 0.05) is 18.2 Å². The van der Waals surface area contributed by atoms with E-state index < -0.39 is 10.0 Å². The maximum absolute atomic E-state index is 12.6. The highest BCUT2D eigenvalue weighted by Crippen LogP contribution is 2.30. The topological polar surface area (TPSA) is 75.3 Å². The molecule has 0 unspecified atom stereocenters. The Hall–Kier alpha value is -2.18. The van der Waals surface area contributed by atoms with Crippen LogP contribution < -0.4 is 10.0 Å². The Balaban J connectivity index is 1.70. The van der Waals surface area contributed by atoms with Gasteiger partial charge in [-0.3, -0.25) is 4.79 Å². The lowest BCUT2D eigenvalue weighted by Gasteiger charge is -2.11. The number of amides is 1. The Morgan fingerprint density at radius 3 is 2.60 bits per heavy atom. The number of anilines is 1. The van der Waals surface area contributed by atoms with Crippen LogP contribution in [0, 0.1) is 19.8 Å². The molecule has 25 heavy (non-hydrogen) atoms. The molecule has 0 aromatic heterocycles. The first kappa shape index (κ1) is 17.6. The second-order valence-electron chi connectivity index (χ2n) is 6.56. The molecule has 1 aliphatic carbocycles. The van der Waals surface area contributed by atoms with E-state index in [-0.39, 0.29) is 18.4 Å². The molecule has 0 atom stereocenters. The smallest absolute Gasteiger partial charge is 0.241 e. The summed E-state index contributed by atoms with van der Waals surface area (Å²) in [5.41, 5.74) is 3.10. The summed E-state index contributed by atoms with van der Waals surface area (Å²) < 4.78 is 27.8. The molecule has 6 heteroatoms. The van der Waals surface area contributed by atoms with Crippen molar-refractivity contribution in [1.82, 2.24) is 4.72 Å². The predicted molar refractivity (Wildman–Crippen MR) is 97.7 cm³/mol. The van der Waals surface area contributed by atoms with Crippen molar-refractivity contribution >= 4 is 21.6 Å². The van der Waals surface area contributed by atoms with Crippen LogP contribution in [0.4, 0.5) is 5.69 Å². The highest BCUT2D eigenvalue weighted by Gasteiger charge is 2.29. The van der Waals surface area contributed by atoms with E-state index in [9.17, 15) is 13.2 Å². The van der Waals surface area contributed by atoms with Crippen LogP contribution in [0.5, 0.6) is 0 Å². The number of hydrogen-bond donors (Lipinski definition) is 2. The fourth-order valence-corrected chi connectivity index (χ4v) is 3.95. The molecule has 0 radical (unpaired) electrons. The molecule has 2 aromatic rings. The fraction of sp³-hybridized carbons (Fsp3) is 0.316. The summed E-state index contributed by atoms with van der Waals surface area (Å²) >= 11 is 0. The van der Waals surface area contributed by atoms with Gasteiger partial charge in [0.05, 0.1) is 4.90 Å². The van der Waals surface area contributed by atoms with Gasteiger partial charge in [0.1, 0.15) is 0 Å².